The number of nitrogens with one attached hydrogen (secondary N) is 2. The molecule has 0 radical (unpaired) electrons. The quantitative estimate of drug-likeness (QED) is 0.573. The molecule has 1 heterocycles. The van der Waals surface area contributed by atoms with Crippen molar-refractivity contribution in [2.75, 3.05) is 17.6 Å². The third-order valence-corrected chi connectivity index (χ3v) is 2.14. The van der Waals surface area contributed by atoms with Crippen LogP contribution in [0.3, 0.4) is 0 Å². The van der Waals surface area contributed by atoms with E-state index in [1.807, 2.05) is 13.8 Å². The van der Waals surface area contributed by atoms with Gasteiger partial charge >= 0.3 is 0 Å². The number of H-pyrrole nitrogens is 1. The van der Waals surface area contributed by atoms with Crippen molar-refractivity contribution in [3.05, 3.63) is 16.7 Å². The van der Waals surface area contributed by atoms with Crippen molar-refractivity contribution in [1.82, 2.24) is 9.97 Å². The van der Waals surface area contributed by atoms with Gasteiger partial charge in [-0.2, -0.15) is 0 Å². The van der Waals surface area contributed by atoms with E-state index in [4.69, 9.17) is 5.73 Å². The van der Waals surface area contributed by atoms with E-state index in [1.54, 1.807) is 0 Å². The van der Waals surface area contributed by atoms with Crippen molar-refractivity contribution in [1.29, 1.82) is 0 Å². The van der Waals surface area contributed by atoms with Gasteiger partial charge in [0.05, 0.1) is 12.4 Å². The van der Waals surface area contributed by atoms with Crippen LogP contribution in [0.5, 0.6) is 0 Å². The lowest BCUT2D eigenvalue weighted by atomic mass is 10.1. The van der Waals surface area contributed by atoms with Gasteiger partial charge in [-0.15, -0.1) is 0 Å². The Morgan fingerprint density at radius 3 is 2.94 bits per heavy atom. The molecule has 16 heavy (non-hydrogen) atoms. The predicted octanol–water partition coefficient (Wildman–Crippen LogP) is 0.171. The van der Waals surface area contributed by atoms with Gasteiger partial charge in [0.25, 0.3) is 5.56 Å². The number of aromatic nitrogens is 2. The zero-order valence-corrected chi connectivity index (χ0v) is 9.53. The van der Waals surface area contributed by atoms with E-state index in [1.165, 1.54) is 6.33 Å². The van der Waals surface area contributed by atoms with Crippen molar-refractivity contribution >= 4 is 11.5 Å². The minimum Gasteiger partial charge on any atom is -0.391 e. The molecule has 0 aromatic carbocycles. The molecule has 1 aromatic heterocycles. The van der Waals surface area contributed by atoms with Gasteiger partial charge in [-0.1, -0.05) is 13.8 Å². The summed E-state index contributed by atoms with van der Waals surface area (Å²) in [5.74, 6) is 0.729. The van der Waals surface area contributed by atoms with Crippen LogP contribution in [0.2, 0.25) is 0 Å². The molecular formula is C10H18N4O2. The van der Waals surface area contributed by atoms with Gasteiger partial charge in [0, 0.05) is 6.54 Å². The summed E-state index contributed by atoms with van der Waals surface area (Å²) in [5.41, 5.74) is 5.18. The third kappa shape index (κ3) is 3.54. The van der Waals surface area contributed by atoms with Crippen LogP contribution in [-0.4, -0.2) is 27.7 Å². The van der Waals surface area contributed by atoms with E-state index in [2.05, 4.69) is 15.3 Å². The Kier molecular flexibility index (Phi) is 4.30. The molecule has 0 saturated heterocycles. The molecule has 1 atom stereocenters. The van der Waals surface area contributed by atoms with Gasteiger partial charge in [-0.25, -0.2) is 4.98 Å². The number of nitrogens with two attached hydrogens (primary N) is 1. The minimum atomic E-state index is -0.472. The smallest absolute Gasteiger partial charge is 0.276 e. The lowest BCUT2D eigenvalue weighted by molar-refractivity contribution is 0.161. The van der Waals surface area contributed by atoms with E-state index in [0.717, 1.165) is 0 Å². The summed E-state index contributed by atoms with van der Waals surface area (Å²) in [7, 11) is 0. The van der Waals surface area contributed by atoms with Crippen LogP contribution < -0.4 is 16.6 Å². The van der Waals surface area contributed by atoms with Crippen molar-refractivity contribution in [3.8, 4) is 0 Å². The summed E-state index contributed by atoms with van der Waals surface area (Å²) in [5, 5.41) is 12.5. The average Bonchev–Trinajstić information content (AvgIpc) is 2.19. The van der Waals surface area contributed by atoms with Gasteiger partial charge in [-0.3, -0.25) is 4.79 Å². The van der Waals surface area contributed by atoms with Gasteiger partial charge in [-0.05, 0) is 12.3 Å². The second kappa shape index (κ2) is 5.50. The minimum absolute atomic E-state index is 0.0410. The van der Waals surface area contributed by atoms with Gasteiger partial charge < -0.3 is 21.1 Å². The molecule has 0 spiro atoms. The zero-order valence-electron chi connectivity index (χ0n) is 9.53. The number of anilines is 2. The second-order valence-corrected chi connectivity index (χ2v) is 4.16. The first kappa shape index (κ1) is 12.5. The highest BCUT2D eigenvalue weighted by Crippen LogP contribution is 2.09. The number of aliphatic hydroxyl groups excluding tert-OH is 1. The molecule has 5 N–H and O–H groups in total. The molecule has 0 aliphatic rings. The highest BCUT2D eigenvalue weighted by molar-refractivity contribution is 5.58. The first-order chi connectivity index (χ1) is 7.50. The number of hydrogen-bond acceptors (Lipinski definition) is 5. The molecule has 1 rings (SSSR count). The molecule has 1 unspecified atom stereocenters. The molecule has 0 saturated carbocycles. The maximum absolute atomic E-state index is 11.1. The topological polar surface area (TPSA) is 104 Å². The number of nitrogen functional groups attached to an aromatic ring is 1. The standard InChI is InChI=1S/C10H18N4O2/c1-6(2)3-7(15)4-12-9-8(11)10(16)14-5-13-9/h5-7,15H,3-4,11H2,1-2H3,(H2,12,13,14,16). The fraction of sp³-hybridized carbons (Fsp3) is 0.600. The van der Waals surface area contributed by atoms with Crippen molar-refractivity contribution in [2.24, 2.45) is 5.92 Å². The summed E-state index contributed by atoms with van der Waals surface area (Å²) < 4.78 is 0. The Bertz CT molecular complexity index is 389. The van der Waals surface area contributed by atoms with Crippen LogP contribution >= 0.6 is 0 Å². The van der Waals surface area contributed by atoms with E-state index in [9.17, 15) is 9.90 Å². The number of aliphatic hydroxyl groups is 1. The summed E-state index contributed by atoms with van der Waals surface area (Å²) in [6.45, 7) is 4.39. The highest BCUT2D eigenvalue weighted by Gasteiger charge is 2.09. The van der Waals surface area contributed by atoms with Gasteiger partial charge in [0.2, 0.25) is 0 Å². The molecule has 90 valence electrons. The molecule has 0 fully saturated rings. The Labute approximate surface area is 93.9 Å². The Hall–Kier alpha value is -1.56. The lowest BCUT2D eigenvalue weighted by Gasteiger charge is -2.14. The molecule has 0 amide bonds. The maximum atomic E-state index is 11.1. The Morgan fingerprint density at radius 2 is 2.31 bits per heavy atom. The van der Waals surface area contributed by atoms with E-state index >= 15 is 0 Å². The molecule has 0 aliphatic heterocycles. The normalized spacial score (nSPS) is 12.8. The van der Waals surface area contributed by atoms with Crippen molar-refractivity contribution in [2.45, 2.75) is 26.4 Å². The first-order valence-electron chi connectivity index (χ1n) is 5.25. The molecule has 6 heteroatoms. The SMILES string of the molecule is CC(C)CC(O)CNc1nc[nH]c(=O)c1N. The fourth-order valence-electron chi connectivity index (χ4n) is 1.39. The maximum Gasteiger partial charge on any atom is 0.276 e. The number of nitrogens with zero attached hydrogens (tertiary/aromatic N) is 1. The van der Waals surface area contributed by atoms with E-state index in [-0.39, 0.29) is 11.2 Å². The average molecular weight is 226 g/mol. The second-order valence-electron chi connectivity index (χ2n) is 4.16. The summed E-state index contributed by atoms with van der Waals surface area (Å²) in [6, 6.07) is 0. The monoisotopic (exact) mass is 226 g/mol. The van der Waals surface area contributed by atoms with Crippen LogP contribution in [0.25, 0.3) is 0 Å². The van der Waals surface area contributed by atoms with Crippen LogP contribution in [0.4, 0.5) is 11.5 Å². The van der Waals surface area contributed by atoms with Gasteiger partial charge in [0.1, 0.15) is 5.69 Å². The van der Waals surface area contributed by atoms with Crippen LogP contribution in [0, 0.1) is 5.92 Å². The Balaban J connectivity index is 2.55. The fourth-order valence-corrected chi connectivity index (χ4v) is 1.39. The zero-order chi connectivity index (χ0) is 12.1. The van der Waals surface area contributed by atoms with Crippen molar-refractivity contribution < 1.29 is 5.11 Å². The van der Waals surface area contributed by atoms with Crippen LogP contribution in [-0.2, 0) is 0 Å². The van der Waals surface area contributed by atoms with E-state index in [0.29, 0.717) is 24.7 Å². The summed E-state index contributed by atoms with van der Waals surface area (Å²) in [6.07, 6.45) is 1.49. The van der Waals surface area contributed by atoms with Crippen LogP contribution in [0.15, 0.2) is 11.1 Å². The summed E-state index contributed by atoms with van der Waals surface area (Å²) >= 11 is 0. The molecule has 0 bridgehead atoms. The molecule has 0 aliphatic carbocycles. The van der Waals surface area contributed by atoms with E-state index < -0.39 is 6.10 Å². The lowest BCUT2D eigenvalue weighted by Crippen LogP contribution is -2.24. The number of rotatable bonds is 5. The first-order valence-corrected chi connectivity index (χ1v) is 5.25. The molecular weight excluding hydrogens is 208 g/mol. The third-order valence-electron chi connectivity index (χ3n) is 2.14. The van der Waals surface area contributed by atoms with Gasteiger partial charge in [0.15, 0.2) is 5.82 Å². The molecule has 1 aromatic rings. The predicted molar refractivity (Wildman–Crippen MR) is 63.2 cm³/mol. The Morgan fingerprint density at radius 1 is 1.62 bits per heavy atom. The van der Waals surface area contributed by atoms with Crippen molar-refractivity contribution in [3.63, 3.8) is 0 Å². The highest BCUT2D eigenvalue weighted by atomic mass is 16.3. The van der Waals surface area contributed by atoms with Crippen LogP contribution in [0.1, 0.15) is 20.3 Å². The summed E-state index contributed by atoms with van der Waals surface area (Å²) in [4.78, 5) is 17.4. The number of hydrogen-bond donors (Lipinski definition) is 4. The number of aromatic amines is 1. The molecule has 6 nitrogen and oxygen atoms in total. The largest absolute Gasteiger partial charge is 0.391 e.